The number of nitrogens with one attached hydrogen (secondary N) is 1. The van der Waals surface area contributed by atoms with Crippen LogP contribution in [0.4, 0.5) is 0 Å². The molecule has 1 aliphatic rings. The molecule has 2 aromatic rings. The third kappa shape index (κ3) is 4.19. The van der Waals surface area contributed by atoms with Gasteiger partial charge in [0, 0.05) is 25.8 Å². The lowest BCUT2D eigenvalue weighted by Crippen LogP contribution is -2.43. The second kappa shape index (κ2) is 8.35. The molecule has 5 nitrogen and oxygen atoms in total. The van der Waals surface area contributed by atoms with Crippen LogP contribution in [0, 0.1) is 5.41 Å². The summed E-state index contributed by atoms with van der Waals surface area (Å²) in [5.74, 6) is -1.18. The van der Waals surface area contributed by atoms with Crippen LogP contribution in [0.3, 0.4) is 0 Å². The third-order valence-electron chi connectivity index (χ3n) is 5.49. The Morgan fingerprint density at radius 3 is 2.19 bits per heavy atom. The van der Waals surface area contributed by atoms with E-state index in [1.165, 1.54) is 6.42 Å². The van der Waals surface area contributed by atoms with Gasteiger partial charge in [0.2, 0.25) is 0 Å². The minimum Gasteiger partial charge on any atom is -0.478 e. The zero-order chi connectivity index (χ0) is 19.3. The van der Waals surface area contributed by atoms with Gasteiger partial charge in [-0.2, -0.15) is 0 Å². The first kappa shape index (κ1) is 19.1. The van der Waals surface area contributed by atoms with E-state index in [0.29, 0.717) is 29.8 Å². The highest BCUT2D eigenvalue weighted by atomic mass is 16.5. The normalized spacial score (nSPS) is 15.0. The molecule has 0 spiro atoms. The van der Waals surface area contributed by atoms with Gasteiger partial charge in [-0.3, -0.25) is 4.79 Å². The van der Waals surface area contributed by atoms with Crippen molar-refractivity contribution in [1.82, 2.24) is 5.32 Å². The van der Waals surface area contributed by atoms with Crippen LogP contribution in [0.15, 0.2) is 48.5 Å². The van der Waals surface area contributed by atoms with E-state index in [0.717, 1.165) is 19.3 Å². The predicted octanol–water partition coefficient (Wildman–Crippen LogP) is 3.99. The average Bonchev–Trinajstić information content (AvgIpc) is 2.66. The molecule has 0 aromatic heterocycles. The summed E-state index contributed by atoms with van der Waals surface area (Å²) >= 11 is 0. The zero-order valence-corrected chi connectivity index (χ0v) is 15.5. The summed E-state index contributed by atoms with van der Waals surface area (Å²) in [6.45, 7) is 1.31. The molecule has 27 heavy (non-hydrogen) atoms. The van der Waals surface area contributed by atoms with Gasteiger partial charge in [-0.05, 0) is 47.9 Å². The standard InChI is InChI=1S/C22H25NO4/c1-27-14-13-22(11-6-12-22)15-23-20(24)18-9-4-2-7-16(18)17-8-3-5-10-19(17)21(25)26/h2-5,7-10H,6,11-15H2,1H3,(H,23,24)(H,25,26). The fourth-order valence-corrected chi connectivity index (χ4v) is 3.69. The van der Waals surface area contributed by atoms with Gasteiger partial charge in [0.15, 0.2) is 0 Å². The highest BCUT2D eigenvalue weighted by molar-refractivity contribution is 6.04. The fourth-order valence-electron chi connectivity index (χ4n) is 3.69. The van der Waals surface area contributed by atoms with Crippen molar-refractivity contribution in [2.24, 2.45) is 5.41 Å². The maximum atomic E-state index is 12.9. The van der Waals surface area contributed by atoms with E-state index in [1.807, 2.05) is 6.07 Å². The Balaban J connectivity index is 1.82. The number of amides is 1. The molecule has 1 fully saturated rings. The molecule has 3 rings (SSSR count). The summed E-state index contributed by atoms with van der Waals surface area (Å²) in [6.07, 6.45) is 4.32. The van der Waals surface area contributed by atoms with Crippen molar-refractivity contribution >= 4 is 11.9 Å². The summed E-state index contributed by atoms with van der Waals surface area (Å²) < 4.78 is 5.21. The van der Waals surface area contributed by atoms with Gasteiger partial charge in [-0.1, -0.05) is 42.8 Å². The summed E-state index contributed by atoms with van der Waals surface area (Å²) in [5, 5.41) is 12.5. The molecule has 142 valence electrons. The quantitative estimate of drug-likeness (QED) is 0.740. The SMILES string of the molecule is COCCC1(CNC(=O)c2ccccc2-c2ccccc2C(=O)O)CCC1. The third-order valence-corrected chi connectivity index (χ3v) is 5.49. The van der Waals surface area contributed by atoms with E-state index >= 15 is 0 Å². The van der Waals surface area contributed by atoms with Gasteiger partial charge < -0.3 is 15.2 Å². The molecule has 0 heterocycles. The van der Waals surface area contributed by atoms with Crippen LogP contribution in [0.5, 0.6) is 0 Å². The zero-order valence-electron chi connectivity index (χ0n) is 15.5. The summed E-state index contributed by atoms with van der Waals surface area (Å²) in [5.41, 5.74) is 1.99. The summed E-state index contributed by atoms with van der Waals surface area (Å²) in [7, 11) is 1.70. The predicted molar refractivity (Wildman–Crippen MR) is 104 cm³/mol. The number of carboxylic acid groups (broad SMARTS) is 1. The average molecular weight is 367 g/mol. The Kier molecular flexibility index (Phi) is 5.91. The van der Waals surface area contributed by atoms with Crippen molar-refractivity contribution in [1.29, 1.82) is 0 Å². The Morgan fingerprint density at radius 1 is 1.04 bits per heavy atom. The second-order valence-electron chi connectivity index (χ2n) is 7.18. The van der Waals surface area contributed by atoms with Crippen molar-refractivity contribution in [3.05, 3.63) is 59.7 Å². The van der Waals surface area contributed by atoms with Crippen molar-refractivity contribution in [3.63, 3.8) is 0 Å². The maximum absolute atomic E-state index is 12.9. The first-order chi connectivity index (χ1) is 13.1. The van der Waals surface area contributed by atoms with E-state index in [4.69, 9.17) is 4.74 Å². The van der Waals surface area contributed by atoms with Gasteiger partial charge in [0.1, 0.15) is 0 Å². The Morgan fingerprint density at radius 2 is 1.63 bits per heavy atom. The van der Waals surface area contributed by atoms with Crippen molar-refractivity contribution < 1.29 is 19.4 Å². The molecule has 1 aliphatic carbocycles. The number of carbonyl (C=O) groups is 2. The number of benzene rings is 2. The minimum atomic E-state index is -1.01. The van der Waals surface area contributed by atoms with E-state index in [1.54, 1.807) is 49.6 Å². The molecular formula is C22H25NO4. The van der Waals surface area contributed by atoms with Crippen molar-refractivity contribution in [2.45, 2.75) is 25.7 Å². The second-order valence-corrected chi connectivity index (χ2v) is 7.18. The number of hydrogen-bond acceptors (Lipinski definition) is 3. The lowest BCUT2D eigenvalue weighted by Gasteiger charge is -2.42. The lowest BCUT2D eigenvalue weighted by molar-refractivity contribution is 0.0631. The van der Waals surface area contributed by atoms with E-state index < -0.39 is 5.97 Å². The van der Waals surface area contributed by atoms with Crippen LogP contribution in [-0.2, 0) is 4.74 Å². The molecule has 0 aliphatic heterocycles. The number of carbonyl (C=O) groups excluding carboxylic acids is 1. The van der Waals surface area contributed by atoms with Crippen LogP contribution in [0.2, 0.25) is 0 Å². The Labute approximate surface area is 159 Å². The van der Waals surface area contributed by atoms with E-state index in [-0.39, 0.29) is 16.9 Å². The molecule has 0 bridgehead atoms. The first-order valence-electron chi connectivity index (χ1n) is 9.25. The lowest BCUT2D eigenvalue weighted by atomic mass is 9.66. The number of ether oxygens (including phenoxy) is 1. The topological polar surface area (TPSA) is 75.6 Å². The van der Waals surface area contributed by atoms with Gasteiger partial charge in [0.25, 0.3) is 5.91 Å². The van der Waals surface area contributed by atoms with Gasteiger partial charge in [-0.25, -0.2) is 4.79 Å². The van der Waals surface area contributed by atoms with Crippen LogP contribution < -0.4 is 5.32 Å². The van der Waals surface area contributed by atoms with Gasteiger partial charge in [0.05, 0.1) is 5.56 Å². The van der Waals surface area contributed by atoms with Crippen LogP contribution in [0.1, 0.15) is 46.4 Å². The molecular weight excluding hydrogens is 342 g/mol. The number of rotatable bonds is 8. The minimum absolute atomic E-state index is 0.125. The highest BCUT2D eigenvalue weighted by Gasteiger charge is 2.36. The molecule has 0 atom stereocenters. The number of methoxy groups -OCH3 is 1. The molecule has 0 saturated heterocycles. The molecule has 0 radical (unpaired) electrons. The molecule has 2 aromatic carbocycles. The van der Waals surface area contributed by atoms with Crippen LogP contribution in [-0.4, -0.2) is 37.2 Å². The molecule has 0 unspecified atom stereocenters. The molecule has 2 N–H and O–H groups in total. The van der Waals surface area contributed by atoms with Gasteiger partial charge in [-0.15, -0.1) is 0 Å². The van der Waals surface area contributed by atoms with Crippen molar-refractivity contribution in [2.75, 3.05) is 20.3 Å². The number of hydrogen-bond donors (Lipinski definition) is 2. The van der Waals surface area contributed by atoms with Crippen molar-refractivity contribution in [3.8, 4) is 11.1 Å². The van der Waals surface area contributed by atoms with E-state index in [9.17, 15) is 14.7 Å². The summed E-state index contributed by atoms with van der Waals surface area (Å²) in [6, 6.07) is 13.9. The highest BCUT2D eigenvalue weighted by Crippen LogP contribution is 2.43. The monoisotopic (exact) mass is 367 g/mol. The Hall–Kier alpha value is -2.66. The summed E-state index contributed by atoms with van der Waals surface area (Å²) in [4.78, 5) is 24.5. The fraction of sp³-hybridized carbons (Fsp3) is 0.364. The molecule has 1 saturated carbocycles. The molecule has 1 amide bonds. The van der Waals surface area contributed by atoms with E-state index in [2.05, 4.69) is 5.32 Å². The first-order valence-corrected chi connectivity index (χ1v) is 9.25. The maximum Gasteiger partial charge on any atom is 0.336 e. The number of aromatic carboxylic acids is 1. The Bertz CT molecular complexity index is 827. The molecule has 5 heteroatoms. The van der Waals surface area contributed by atoms with Crippen LogP contribution in [0.25, 0.3) is 11.1 Å². The van der Waals surface area contributed by atoms with Gasteiger partial charge >= 0.3 is 5.97 Å². The largest absolute Gasteiger partial charge is 0.478 e. The number of carboxylic acids is 1. The smallest absolute Gasteiger partial charge is 0.336 e. The van der Waals surface area contributed by atoms with Crippen LogP contribution >= 0.6 is 0 Å².